The Morgan fingerprint density at radius 2 is 1.85 bits per heavy atom. The maximum Gasteiger partial charge on any atom is 0.333 e. The summed E-state index contributed by atoms with van der Waals surface area (Å²) in [6.45, 7) is 16.2. The van der Waals surface area contributed by atoms with Crippen molar-refractivity contribution < 1.29 is 43.2 Å². The van der Waals surface area contributed by atoms with Crippen LogP contribution in [-0.2, 0) is 38.1 Å². The van der Waals surface area contributed by atoms with Crippen molar-refractivity contribution in [1.29, 1.82) is 0 Å². The minimum absolute atomic E-state index is 0.0521. The Bertz CT molecular complexity index is 1140. The summed E-state index contributed by atoms with van der Waals surface area (Å²) < 4.78 is 29.7. The van der Waals surface area contributed by atoms with Crippen LogP contribution in [0.1, 0.15) is 92.9 Å². The number of carbonyl (C=O) groups is 3. The quantitative estimate of drug-likeness (QED) is 0.277. The largest absolute Gasteiger partial charge is 0.462 e. The molecule has 7 atom stereocenters. The van der Waals surface area contributed by atoms with Crippen LogP contribution in [0.2, 0.25) is 0 Å². The predicted molar refractivity (Wildman–Crippen MR) is 148 cm³/mol. The number of hydrogen-bond donors (Lipinski definition) is 1. The van der Waals surface area contributed by atoms with Crippen LogP contribution in [-0.4, -0.2) is 64.9 Å². The molecule has 0 unspecified atom stereocenters. The fraction of sp³-hybridized carbons (Fsp3) is 0.781. The van der Waals surface area contributed by atoms with Crippen molar-refractivity contribution in [3.05, 3.63) is 23.8 Å². The highest BCUT2D eigenvalue weighted by Gasteiger charge is 2.74. The van der Waals surface area contributed by atoms with Crippen LogP contribution in [0, 0.1) is 23.2 Å². The Morgan fingerprint density at radius 3 is 2.44 bits per heavy atom. The van der Waals surface area contributed by atoms with Gasteiger partial charge in [0.05, 0.1) is 13.2 Å². The van der Waals surface area contributed by atoms with E-state index in [2.05, 4.69) is 20.4 Å². The van der Waals surface area contributed by atoms with Gasteiger partial charge >= 0.3 is 11.9 Å². The minimum atomic E-state index is -2.02. The Balaban J connectivity index is 1.25. The molecule has 1 spiro atoms. The molecule has 0 aromatic rings. The van der Waals surface area contributed by atoms with E-state index in [1.54, 1.807) is 19.9 Å². The smallest absolute Gasteiger partial charge is 0.333 e. The van der Waals surface area contributed by atoms with Crippen LogP contribution < -0.4 is 0 Å². The summed E-state index contributed by atoms with van der Waals surface area (Å²) in [6, 6.07) is 0. The Hall–Kier alpha value is -2.07. The molecule has 228 valence electrons. The van der Waals surface area contributed by atoms with E-state index in [9.17, 15) is 19.5 Å². The molecule has 1 aliphatic carbocycles. The molecular weight excluding hydrogens is 528 g/mol. The van der Waals surface area contributed by atoms with Crippen LogP contribution in [0.3, 0.4) is 0 Å². The summed E-state index contributed by atoms with van der Waals surface area (Å²) in [4.78, 5) is 37.0. The van der Waals surface area contributed by atoms with Crippen LogP contribution in [0.4, 0.5) is 0 Å². The van der Waals surface area contributed by atoms with E-state index in [0.717, 1.165) is 37.7 Å². The van der Waals surface area contributed by atoms with Crippen molar-refractivity contribution in [1.82, 2.24) is 0 Å². The molecule has 9 heteroatoms. The minimum Gasteiger partial charge on any atom is -0.462 e. The monoisotopic (exact) mass is 574 g/mol. The lowest BCUT2D eigenvalue weighted by Gasteiger charge is -2.65. The lowest BCUT2D eigenvalue weighted by Crippen LogP contribution is -2.81. The van der Waals surface area contributed by atoms with Crippen molar-refractivity contribution in [3.8, 4) is 0 Å². The highest BCUT2D eigenvalue weighted by atomic mass is 16.8. The lowest BCUT2D eigenvalue weighted by molar-refractivity contribution is -0.496. The van der Waals surface area contributed by atoms with Gasteiger partial charge in [-0.1, -0.05) is 26.0 Å². The third kappa shape index (κ3) is 5.00. The first-order valence-electron chi connectivity index (χ1n) is 15.1. The van der Waals surface area contributed by atoms with Gasteiger partial charge in [-0.15, -0.1) is 0 Å². The number of cyclic esters (lactones) is 1. The summed E-state index contributed by atoms with van der Waals surface area (Å²) in [6.07, 6.45) is 6.87. The number of esters is 2. The van der Waals surface area contributed by atoms with Gasteiger partial charge in [-0.2, -0.15) is 0 Å². The molecule has 1 saturated carbocycles. The molecular formula is C32H46O9. The molecule has 5 heterocycles. The molecule has 2 bridgehead atoms. The molecule has 0 aromatic heterocycles. The standard InChI is InChI=1S/C32H46O9/c1-19-8-10-23(28(3,4)26(19)24(39-20(2)33)16-22-13-15-37-27(22)35)11-9-21-12-14-31(38-18-21)30(7)17-25(34)32(36,41-31)29(5,6)40-30/h16,21,23-24,26,36H,1,8-15,17-18H2,2-7H3/t21-,23+,24+,26-,30+,31+,32+/m1/s1. The van der Waals surface area contributed by atoms with Crippen molar-refractivity contribution in [2.75, 3.05) is 13.2 Å². The van der Waals surface area contributed by atoms with Gasteiger partial charge in [0.25, 0.3) is 5.79 Å². The first-order valence-corrected chi connectivity index (χ1v) is 15.1. The van der Waals surface area contributed by atoms with E-state index in [0.29, 0.717) is 43.5 Å². The molecule has 0 amide bonds. The summed E-state index contributed by atoms with van der Waals surface area (Å²) in [5, 5.41) is 11.1. The molecule has 0 aromatic carbocycles. The maximum absolute atomic E-state index is 12.7. The van der Waals surface area contributed by atoms with Gasteiger partial charge < -0.3 is 28.8 Å². The van der Waals surface area contributed by atoms with Gasteiger partial charge in [-0.3, -0.25) is 9.59 Å². The van der Waals surface area contributed by atoms with Gasteiger partial charge in [0, 0.05) is 37.7 Å². The number of ether oxygens (including phenoxy) is 5. The van der Waals surface area contributed by atoms with Gasteiger partial charge in [-0.25, -0.2) is 4.79 Å². The van der Waals surface area contributed by atoms with Gasteiger partial charge in [0.1, 0.15) is 17.3 Å². The number of rotatable bonds is 6. The van der Waals surface area contributed by atoms with Gasteiger partial charge in [0.2, 0.25) is 5.79 Å². The number of ketones is 1. The average molecular weight is 575 g/mol. The van der Waals surface area contributed by atoms with Gasteiger partial charge in [-0.05, 0) is 76.2 Å². The summed E-state index contributed by atoms with van der Waals surface area (Å²) in [5.41, 5.74) is -0.756. The van der Waals surface area contributed by atoms with Crippen LogP contribution in [0.25, 0.3) is 0 Å². The van der Waals surface area contributed by atoms with E-state index in [-0.39, 0.29) is 35.5 Å². The molecule has 6 aliphatic rings. The summed E-state index contributed by atoms with van der Waals surface area (Å²) in [5.74, 6) is -3.75. The second-order valence-electron chi connectivity index (χ2n) is 14.1. The average Bonchev–Trinajstić information content (AvgIpc) is 3.25. The zero-order chi connectivity index (χ0) is 30.0. The first kappa shape index (κ1) is 30.4. The normalized spacial score (nSPS) is 41.5. The second-order valence-corrected chi connectivity index (χ2v) is 14.1. The van der Waals surface area contributed by atoms with E-state index in [1.165, 1.54) is 6.92 Å². The van der Waals surface area contributed by atoms with E-state index >= 15 is 0 Å². The predicted octanol–water partition coefficient (Wildman–Crippen LogP) is 4.55. The van der Waals surface area contributed by atoms with Crippen molar-refractivity contribution in [3.63, 3.8) is 0 Å². The molecule has 5 saturated heterocycles. The zero-order valence-electron chi connectivity index (χ0n) is 25.4. The van der Waals surface area contributed by atoms with Crippen LogP contribution >= 0.6 is 0 Å². The molecule has 6 fully saturated rings. The Kier molecular flexibility index (Phi) is 7.62. The SMILES string of the molecule is C=C1CC[C@@H](CC[C@@H]2CC[C@]3(OC2)O[C@@]2(O)C(=O)C[C@]3(C)OC2(C)C)C(C)(C)[C@H]1[C@H](C=C1CCOC1=O)OC(C)=O. The van der Waals surface area contributed by atoms with Crippen LogP contribution in [0.5, 0.6) is 0 Å². The number of hydrogen-bond acceptors (Lipinski definition) is 9. The number of Topliss-reactive ketones (excluding diaryl/α,β-unsaturated/α-hetero) is 1. The molecule has 5 aliphatic heterocycles. The number of fused-ring (bicyclic) bond motifs is 2. The van der Waals surface area contributed by atoms with Crippen LogP contribution in [0.15, 0.2) is 23.8 Å². The van der Waals surface area contributed by atoms with E-state index in [4.69, 9.17) is 23.7 Å². The lowest BCUT2D eigenvalue weighted by atomic mass is 9.57. The van der Waals surface area contributed by atoms with E-state index < -0.39 is 28.9 Å². The second kappa shape index (κ2) is 10.3. The fourth-order valence-corrected chi connectivity index (χ4v) is 8.16. The Labute approximate surface area is 242 Å². The highest BCUT2D eigenvalue weighted by molar-refractivity contribution is 5.90. The maximum atomic E-state index is 12.7. The van der Waals surface area contributed by atoms with Crippen molar-refractivity contribution >= 4 is 17.7 Å². The highest BCUT2D eigenvalue weighted by Crippen LogP contribution is 2.58. The molecule has 9 nitrogen and oxygen atoms in total. The third-order valence-corrected chi connectivity index (χ3v) is 10.6. The third-order valence-electron chi connectivity index (χ3n) is 10.6. The molecule has 6 rings (SSSR count). The van der Waals surface area contributed by atoms with E-state index in [1.807, 2.05) is 6.92 Å². The van der Waals surface area contributed by atoms with Crippen molar-refractivity contribution in [2.45, 2.75) is 122 Å². The van der Waals surface area contributed by atoms with Crippen molar-refractivity contribution in [2.24, 2.45) is 23.2 Å². The summed E-state index contributed by atoms with van der Waals surface area (Å²) >= 11 is 0. The summed E-state index contributed by atoms with van der Waals surface area (Å²) in [7, 11) is 0. The van der Waals surface area contributed by atoms with Gasteiger partial charge in [0.15, 0.2) is 5.78 Å². The molecule has 41 heavy (non-hydrogen) atoms. The first-order chi connectivity index (χ1) is 19.0. The topological polar surface area (TPSA) is 118 Å². The zero-order valence-corrected chi connectivity index (χ0v) is 25.4. The molecule has 0 radical (unpaired) electrons. The number of carbonyl (C=O) groups excluding carboxylic acids is 3. The molecule has 1 N–H and O–H groups in total. The number of aliphatic hydroxyl groups is 1. The Morgan fingerprint density at radius 1 is 1.12 bits per heavy atom. The fourth-order valence-electron chi connectivity index (χ4n) is 8.16.